The molecule has 1 aliphatic heterocycles. The minimum atomic E-state index is -0.165. The number of hydrogen-bond donors (Lipinski definition) is 2. The zero-order valence-electron chi connectivity index (χ0n) is 11.0. The lowest BCUT2D eigenvalue weighted by atomic mass is 10.1. The van der Waals surface area contributed by atoms with E-state index in [1.54, 1.807) is 29.2 Å². The Kier molecular flexibility index (Phi) is 6.22. The fourth-order valence-electron chi connectivity index (χ4n) is 1.83. The number of hydrogen-bond acceptors (Lipinski definition) is 4. The lowest BCUT2D eigenvalue weighted by molar-refractivity contribution is -0.114. The van der Waals surface area contributed by atoms with Gasteiger partial charge >= 0.3 is 0 Å². The van der Waals surface area contributed by atoms with Gasteiger partial charge in [-0.1, -0.05) is 23.9 Å². The molecule has 1 aromatic rings. The SMILES string of the molecule is Br.CC(=O)Nc1cccc(C(=O)CN2CCSC2=N)c1. The van der Waals surface area contributed by atoms with Crippen LogP contribution in [0.15, 0.2) is 24.3 Å². The Morgan fingerprint density at radius 1 is 1.45 bits per heavy atom. The molecule has 1 heterocycles. The van der Waals surface area contributed by atoms with Crippen LogP contribution >= 0.6 is 28.7 Å². The summed E-state index contributed by atoms with van der Waals surface area (Å²) >= 11 is 1.45. The van der Waals surface area contributed by atoms with Gasteiger partial charge in [-0.2, -0.15) is 0 Å². The number of carbonyl (C=O) groups excluding carboxylic acids is 2. The number of nitrogens with zero attached hydrogens (tertiary/aromatic N) is 1. The molecule has 2 rings (SSSR count). The first-order chi connectivity index (χ1) is 9.06. The molecule has 1 amide bonds. The maximum Gasteiger partial charge on any atom is 0.221 e. The Bertz CT molecular complexity index is 536. The molecule has 0 aromatic heterocycles. The highest BCUT2D eigenvalue weighted by atomic mass is 79.9. The molecule has 7 heteroatoms. The van der Waals surface area contributed by atoms with Crippen molar-refractivity contribution in [2.75, 3.05) is 24.2 Å². The van der Waals surface area contributed by atoms with Crippen LogP contribution in [0.1, 0.15) is 17.3 Å². The first-order valence-corrected chi connectivity index (χ1v) is 6.92. The molecule has 1 fully saturated rings. The number of ketones is 1. The average molecular weight is 358 g/mol. The summed E-state index contributed by atoms with van der Waals surface area (Å²) in [6, 6.07) is 6.87. The van der Waals surface area contributed by atoms with Gasteiger partial charge in [-0.25, -0.2) is 0 Å². The minimum Gasteiger partial charge on any atom is -0.343 e. The molecule has 20 heavy (non-hydrogen) atoms. The van der Waals surface area contributed by atoms with Crippen molar-refractivity contribution in [2.45, 2.75) is 6.92 Å². The number of amides is 1. The normalized spacial score (nSPS) is 13.8. The third-order valence-electron chi connectivity index (χ3n) is 2.73. The summed E-state index contributed by atoms with van der Waals surface area (Å²) < 4.78 is 0. The van der Waals surface area contributed by atoms with Gasteiger partial charge in [0.2, 0.25) is 5.91 Å². The van der Waals surface area contributed by atoms with Gasteiger partial charge in [0.1, 0.15) is 0 Å². The third kappa shape index (κ3) is 4.35. The van der Waals surface area contributed by atoms with Gasteiger partial charge in [0.25, 0.3) is 0 Å². The van der Waals surface area contributed by atoms with E-state index < -0.39 is 0 Å². The smallest absolute Gasteiger partial charge is 0.221 e. The van der Waals surface area contributed by atoms with Crippen LogP contribution in [0.25, 0.3) is 0 Å². The highest BCUT2D eigenvalue weighted by Crippen LogP contribution is 2.17. The summed E-state index contributed by atoms with van der Waals surface area (Å²) in [6.45, 7) is 2.38. The molecule has 0 atom stereocenters. The maximum absolute atomic E-state index is 12.1. The monoisotopic (exact) mass is 357 g/mol. The van der Waals surface area contributed by atoms with Crippen molar-refractivity contribution in [3.05, 3.63) is 29.8 Å². The summed E-state index contributed by atoms with van der Waals surface area (Å²) in [5, 5.41) is 10.8. The number of rotatable bonds is 4. The van der Waals surface area contributed by atoms with E-state index in [0.717, 1.165) is 12.3 Å². The predicted molar refractivity (Wildman–Crippen MR) is 87.2 cm³/mol. The van der Waals surface area contributed by atoms with Crippen molar-refractivity contribution in [3.8, 4) is 0 Å². The van der Waals surface area contributed by atoms with Crippen LogP contribution in [0.4, 0.5) is 5.69 Å². The Morgan fingerprint density at radius 2 is 2.20 bits per heavy atom. The fourth-order valence-corrected chi connectivity index (χ4v) is 2.68. The number of thioether (sulfide) groups is 1. The Balaban J connectivity index is 0.00000200. The van der Waals surface area contributed by atoms with Crippen LogP contribution in [0.2, 0.25) is 0 Å². The maximum atomic E-state index is 12.1. The molecule has 5 nitrogen and oxygen atoms in total. The topological polar surface area (TPSA) is 73.3 Å². The summed E-state index contributed by atoms with van der Waals surface area (Å²) in [5.41, 5.74) is 1.17. The number of anilines is 1. The van der Waals surface area contributed by atoms with Crippen LogP contribution in [0.5, 0.6) is 0 Å². The van der Waals surface area contributed by atoms with Gasteiger partial charge in [-0.15, -0.1) is 17.0 Å². The fraction of sp³-hybridized carbons (Fsp3) is 0.308. The predicted octanol–water partition coefficient (Wildman–Crippen LogP) is 2.39. The Hall–Kier alpha value is -1.34. The minimum absolute atomic E-state index is 0. The van der Waals surface area contributed by atoms with Crippen molar-refractivity contribution in [2.24, 2.45) is 0 Å². The van der Waals surface area contributed by atoms with Gasteiger partial charge in [0, 0.05) is 30.5 Å². The molecule has 108 valence electrons. The van der Waals surface area contributed by atoms with Gasteiger partial charge in [0.05, 0.1) is 6.54 Å². The molecular formula is C13H16BrN3O2S. The van der Waals surface area contributed by atoms with Crippen LogP contribution in [-0.4, -0.2) is 40.6 Å². The lowest BCUT2D eigenvalue weighted by Gasteiger charge is -2.15. The molecular weight excluding hydrogens is 342 g/mol. The van der Waals surface area contributed by atoms with Crippen LogP contribution < -0.4 is 5.32 Å². The quantitative estimate of drug-likeness (QED) is 0.811. The van der Waals surface area contributed by atoms with Gasteiger partial charge < -0.3 is 10.2 Å². The van der Waals surface area contributed by atoms with E-state index in [2.05, 4.69) is 5.32 Å². The molecule has 0 spiro atoms. The van der Waals surface area contributed by atoms with Crippen molar-refractivity contribution in [1.29, 1.82) is 5.41 Å². The van der Waals surface area contributed by atoms with Crippen LogP contribution in [0, 0.1) is 5.41 Å². The summed E-state index contributed by atoms with van der Waals surface area (Å²) in [6.07, 6.45) is 0. The number of nitrogens with one attached hydrogen (secondary N) is 2. The third-order valence-corrected chi connectivity index (χ3v) is 3.64. The standard InChI is InChI=1S/C13H15N3O2S.BrH/c1-9(17)15-11-4-2-3-10(7-11)12(18)8-16-5-6-19-13(16)14;/h2-4,7,14H,5-6,8H2,1H3,(H,15,17);1H. The van der Waals surface area contributed by atoms with E-state index in [1.807, 2.05) is 0 Å². The molecule has 1 aliphatic rings. The highest BCUT2D eigenvalue weighted by molar-refractivity contribution is 8.93. The number of amidine groups is 1. The number of benzene rings is 1. The molecule has 0 bridgehead atoms. The van der Waals surface area contributed by atoms with E-state index in [-0.39, 0.29) is 35.2 Å². The molecule has 0 unspecified atom stereocenters. The Labute approximate surface area is 132 Å². The van der Waals surface area contributed by atoms with Crippen molar-refractivity contribution >= 4 is 51.3 Å². The zero-order valence-corrected chi connectivity index (χ0v) is 13.5. The summed E-state index contributed by atoms with van der Waals surface area (Å²) in [4.78, 5) is 24.9. The second kappa shape index (κ2) is 7.44. The van der Waals surface area contributed by atoms with E-state index in [9.17, 15) is 9.59 Å². The molecule has 1 saturated heterocycles. The first kappa shape index (κ1) is 16.7. The highest BCUT2D eigenvalue weighted by Gasteiger charge is 2.20. The van der Waals surface area contributed by atoms with Gasteiger partial charge in [-0.05, 0) is 12.1 Å². The van der Waals surface area contributed by atoms with Crippen LogP contribution in [-0.2, 0) is 4.79 Å². The number of halogens is 1. The van der Waals surface area contributed by atoms with Crippen molar-refractivity contribution in [3.63, 3.8) is 0 Å². The summed E-state index contributed by atoms with van der Waals surface area (Å²) in [5.74, 6) is 0.652. The van der Waals surface area contributed by atoms with Gasteiger partial charge in [0.15, 0.2) is 11.0 Å². The second-order valence-electron chi connectivity index (χ2n) is 4.26. The molecule has 0 aliphatic carbocycles. The van der Waals surface area contributed by atoms with Crippen LogP contribution in [0.3, 0.4) is 0 Å². The molecule has 0 saturated carbocycles. The Morgan fingerprint density at radius 3 is 2.80 bits per heavy atom. The largest absolute Gasteiger partial charge is 0.343 e. The first-order valence-electron chi connectivity index (χ1n) is 5.93. The average Bonchev–Trinajstić information content (AvgIpc) is 2.74. The van der Waals surface area contributed by atoms with E-state index >= 15 is 0 Å². The molecule has 2 N–H and O–H groups in total. The van der Waals surface area contributed by atoms with Crippen molar-refractivity contribution in [1.82, 2.24) is 4.90 Å². The second-order valence-corrected chi connectivity index (χ2v) is 5.34. The van der Waals surface area contributed by atoms with E-state index in [0.29, 0.717) is 16.4 Å². The molecule has 1 aromatic carbocycles. The summed E-state index contributed by atoms with van der Waals surface area (Å²) in [7, 11) is 0. The van der Waals surface area contributed by atoms with E-state index in [4.69, 9.17) is 5.41 Å². The molecule has 0 radical (unpaired) electrons. The number of carbonyl (C=O) groups is 2. The lowest BCUT2D eigenvalue weighted by Crippen LogP contribution is -2.30. The zero-order chi connectivity index (χ0) is 13.8. The van der Waals surface area contributed by atoms with E-state index in [1.165, 1.54) is 18.7 Å². The van der Waals surface area contributed by atoms with Gasteiger partial charge in [-0.3, -0.25) is 15.0 Å². The number of Topliss-reactive ketones (excluding diaryl/α,β-unsaturated/α-hetero) is 1. The van der Waals surface area contributed by atoms with Crippen molar-refractivity contribution < 1.29 is 9.59 Å².